The largest absolute Gasteiger partial charge is 0.493 e. The van der Waals surface area contributed by atoms with Gasteiger partial charge in [-0.15, -0.1) is 11.3 Å². The predicted octanol–water partition coefficient (Wildman–Crippen LogP) is 4.61. The van der Waals surface area contributed by atoms with Gasteiger partial charge in [-0.25, -0.2) is 4.98 Å². The van der Waals surface area contributed by atoms with Crippen LogP contribution < -0.4 is 19.5 Å². The second-order valence-electron chi connectivity index (χ2n) is 6.16. The molecule has 1 N–H and O–H groups in total. The van der Waals surface area contributed by atoms with Gasteiger partial charge in [0.15, 0.2) is 16.6 Å². The molecule has 1 aliphatic rings. The predicted molar refractivity (Wildman–Crippen MR) is 104 cm³/mol. The average Bonchev–Trinajstić information content (AvgIpc) is 3.36. The highest BCUT2D eigenvalue weighted by Gasteiger charge is 2.17. The van der Waals surface area contributed by atoms with Gasteiger partial charge in [0.1, 0.15) is 5.75 Å². The summed E-state index contributed by atoms with van der Waals surface area (Å²) in [6, 6.07) is 9.87. The molecule has 0 bridgehead atoms. The summed E-state index contributed by atoms with van der Waals surface area (Å²) in [5.41, 5.74) is 3.06. The van der Waals surface area contributed by atoms with Crippen molar-refractivity contribution in [1.82, 2.24) is 4.98 Å². The minimum absolute atomic E-state index is 0.0399. The van der Waals surface area contributed by atoms with Gasteiger partial charge in [0, 0.05) is 22.9 Å². The molecule has 0 fully saturated rings. The maximum Gasteiger partial charge on any atom is 0.387 e. The van der Waals surface area contributed by atoms with E-state index in [1.807, 2.05) is 23.6 Å². The molecule has 0 spiro atoms. The Bertz CT molecular complexity index is 1050. The van der Waals surface area contributed by atoms with E-state index in [4.69, 9.17) is 9.47 Å². The highest BCUT2D eigenvalue weighted by molar-refractivity contribution is 7.14. The Morgan fingerprint density at radius 3 is 2.90 bits per heavy atom. The molecule has 0 saturated heterocycles. The Balaban J connectivity index is 1.49. The molecular formula is C20H16F2N2O4S. The first-order valence-electron chi connectivity index (χ1n) is 8.69. The van der Waals surface area contributed by atoms with Gasteiger partial charge >= 0.3 is 6.61 Å². The van der Waals surface area contributed by atoms with Crippen LogP contribution in [0.3, 0.4) is 0 Å². The summed E-state index contributed by atoms with van der Waals surface area (Å²) in [5, 5.41) is 4.99. The lowest BCUT2D eigenvalue weighted by atomic mass is 10.1. The molecule has 2 aromatic carbocycles. The molecule has 1 amide bonds. The van der Waals surface area contributed by atoms with Gasteiger partial charge in [-0.05, 0) is 42.0 Å². The second kappa shape index (κ2) is 8.04. The topological polar surface area (TPSA) is 69.7 Å². The lowest BCUT2D eigenvalue weighted by molar-refractivity contribution is -0.0512. The van der Waals surface area contributed by atoms with Gasteiger partial charge in [-0.3, -0.25) is 10.1 Å². The molecule has 3 aromatic rings. The third-order valence-electron chi connectivity index (χ3n) is 4.35. The number of benzene rings is 2. The molecule has 4 rings (SSSR count). The number of rotatable bonds is 6. The van der Waals surface area contributed by atoms with E-state index in [-0.39, 0.29) is 17.1 Å². The molecule has 9 heteroatoms. The third kappa shape index (κ3) is 4.14. The summed E-state index contributed by atoms with van der Waals surface area (Å²) in [6.07, 6.45) is 0.865. The van der Waals surface area contributed by atoms with Crippen LogP contribution in [0.2, 0.25) is 0 Å². The first-order chi connectivity index (χ1) is 14.0. The van der Waals surface area contributed by atoms with E-state index in [1.165, 1.54) is 36.6 Å². The van der Waals surface area contributed by atoms with Crippen LogP contribution in [0.5, 0.6) is 17.2 Å². The fourth-order valence-electron chi connectivity index (χ4n) is 2.98. The normalized spacial score (nSPS) is 12.4. The Kier molecular flexibility index (Phi) is 5.30. The molecule has 6 nitrogen and oxygen atoms in total. The van der Waals surface area contributed by atoms with Crippen LogP contribution in [0, 0.1) is 0 Å². The molecule has 0 radical (unpaired) electrons. The van der Waals surface area contributed by atoms with Crippen LogP contribution in [0.15, 0.2) is 41.8 Å². The van der Waals surface area contributed by atoms with Crippen LogP contribution in [0.25, 0.3) is 11.3 Å². The van der Waals surface area contributed by atoms with Gasteiger partial charge in [-0.1, -0.05) is 0 Å². The Labute approximate surface area is 169 Å². The van der Waals surface area contributed by atoms with E-state index in [1.54, 1.807) is 0 Å². The number of carbonyl (C=O) groups excluding carboxylic acids is 1. The number of thiazole rings is 1. The number of methoxy groups -OCH3 is 1. The molecule has 0 unspecified atom stereocenters. The molecule has 29 heavy (non-hydrogen) atoms. The van der Waals surface area contributed by atoms with Gasteiger partial charge in [-0.2, -0.15) is 8.78 Å². The molecule has 0 aliphatic carbocycles. The number of hydrogen-bond donors (Lipinski definition) is 1. The number of aromatic nitrogens is 1. The molecule has 150 valence electrons. The zero-order valence-electron chi connectivity index (χ0n) is 15.3. The number of alkyl halides is 2. The fourth-order valence-corrected chi connectivity index (χ4v) is 3.70. The number of carbonyl (C=O) groups is 1. The van der Waals surface area contributed by atoms with E-state index in [2.05, 4.69) is 15.0 Å². The van der Waals surface area contributed by atoms with E-state index in [0.29, 0.717) is 11.7 Å². The summed E-state index contributed by atoms with van der Waals surface area (Å²) in [5.74, 6) is 0.357. The van der Waals surface area contributed by atoms with Crippen molar-refractivity contribution in [2.75, 3.05) is 19.0 Å². The number of anilines is 1. The lowest BCUT2D eigenvalue weighted by Crippen LogP contribution is -2.12. The monoisotopic (exact) mass is 418 g/mol. The van der Waals surface area contributed by atoms with Crippen LogP contribution in [0.4, 0.5) is 13.9 Å². The van der Waals surface area contributed by atoms with E-state index in [9.17, 15) is 13.6 Å². The molecule has 0 saturated carbocycles. The van der Waals surface area contributed by atoms with Crippen LogP contribution in [-0.4, -0.2) is 31.2 Å². The van der Waals surface area contributed by atoms with E-state index >= 15 is 0 Å². The van der Waals surface area contributed by atoms with Crippen molar-refractivity contribution in [3.63, 3.8) is 0 Å². The third-order valence-corrected chi connectivity index (χ3v) is 5.11. The van der Waals surface area contributed by atoms with Gasteiger partial charge in [0.05, 0.1) is 19.4 Å². The smallest absolute Gasteiger partial charge is 0.387 e. The Morgan fingerprint density at radius 2 is 2.10 bits per heavy atom. The van der Waals surface area contributed by atoms with Crippen molar-refractivity contribution in [3.8, 4) is 28.5 Å². The van der Waals surface area contributed by atoms with Crippen LogP contribution in [-0.2, 0) is 6.42 Å². The summed E-state index contributed by atoms with van der Waals surface area (Å²) >= 11 is 1.29. The Morgan fingerprint density at radius 1 is 1.24 bits per heavy atom. The van der Waals surface area contributed by atoms with Crippen LogP contribution in [0.1, 0.15) is 15.9 Å². The summed E-state index contributed by atoms with van der Waals surface area (Å²) in [7, 11) is 1.31. The van der Waals surface area contributed by atoms with E-state index in [0.717, 1.165) is 29.0 Å². The van der Waals surface area contributed by atoms with Gasteiger partial charge in [0.25, 0.3) is 5.91 Å². The van der Waals surface area contributed by atoms with Crippen molar-refractivity contribution in [2.45, 2.75) is 13.0 Å². The number of ether oxygens (including phenoxy) is 3. The fraction of sp³-hybridized carbons (Fsp3) is 0.200. The van der Waals surface area contributed by atoms with Crippen molar-refractivity contribution in [2.24, 2.45) is 0 Å². The standard InChI is InChI=1S/C20H16F2N2O4S/c1-26-17-9-13(3-5-16(17)28-19(21)22)18(25)24-20-23-14(10-29-20)11-2-4-15-12(8-11)6-7-27-15/h2-5,8-10,19H,6-7H2,1H3,(H,23,24,25). The molecule has 0 atom stereocenters. The quantitative estimate of drug-likeness (QED) is 0.633. The van der Waals surface area contributed by atoms with E-state index < -0.39 is 12.5 Å². The molecule has 1 aromatic heterocycles. The number of nitrogens with zero attached hydrogens (tertiary/aromatic N) is 1. The van der Waals surface area contributed by atoms with Gasteiger partial charge < -0.3 is 14.2 Å². The van der Waals surface area contributed by atoms with Crippen molar-refractivity contribution < 1.29 is 27.8 Å². The van der Waals surface area contributed by atoms with Crippen molar-refractivity contribution in [1.29, 1.82) is 0 Å². The average molecular weight is 418 g/mol. The summed E-state index contributed by atoms with van der Waals surface area (Å²) in [4.78, 5) is 17.0. The van der Waals surface area contributed by atoms with Gasteiger partial charge in [0.2, 0.25) is 0 Å². The lowest BCUT2D eigenvalue weighted by Gasteiger charge is -2.11. The maximum absolute atomic E-state index is 12.5. The Hall–Kier alpha value is -3.20. The maximum atomic E-state index is 12.5. The number of amides is 1. The SMILES string of the molecule is COc1cc(C(=O)Nc2nc(-c3ccc4c(c3)CCO4)cs2)ccc1OC(F)F. The highest BCUT2D eigenvalue weighted by atomic mass is 32.1. The number of halogens is 2. The highest BCUT2D eigenvalue weighted by Crippen LogP contribution is 2.33. The number of fused-ring (bicyclic) bond motifs is 1. The van der Waals surface area contributed by atoms with Crippen LogP contribution >= 0.6 is 11.3 Å². The summed E-state index contributed by atoms with van der Waals surface area (Å²) in [6.45, 7) is -2.30. The second-order valence-corrected chi connectivity index (χ2v) is 7.02. The zero-order valence-corrected chi connectivity index (χ0v) is 16.1. The summed E-state index contributed by atoms with van der Waals surface area (Å²) < 4.78 is 39.8. The minimum atomic E-state index is -2.98. The first kappa shape index (κ1) is 19.1. The van der Waals surface area contributed by atoms with Crippen molar-refractivity contribution >= 4 is 22.4 Å². The zero-order chi connectivity index (χ0) is 20.4. The molecule has 2 heterocycles. The van der Waals surface area contributed by atoms with Crippen molar-refractivity contribution in [3.05, 3.63) is 52.9 Å². The molecular weight excluding hydrogens is 402 g/mol. The number of nitrogens with one attached hydrogen (secondary N) is 1. The molecule has 1 aliphatic heterocycles. The first-order valence-corrected chi connectivity index (χ1v) is 9.57. The number of hydrogen-bond acceptors (Lipinski definition) is 6. The minimum Gasteiger partial charge on any atom is -0.493 e.